The topological polar surface area (TPSA) is 12.0 Å². The summed E-state index contributed by atoms with van der Waals surface area (Å²) in [6.07, 6.45) is 1.14. The van der Waals surface area contributed by atoms with Gasteiger partial charge in [0.2, 0.25) is 0 Å². The maximum Gasteiger partial charge on any atom is 0.114 e. The Kier molecular flexibility index (Phi) is 1.41. The molecule has 0 bridgehead atoms. The van der Waals surface area contributed by atoms with Crippen LogP contribution in [0.25, 0.3) is 0 Å². The second-order valence-corrected chi connectivity index (χ2v) is 2.99. The van der Waals surface area contributed by atoms with Gasteiger partial charge >= 0.3 is 0 Å². The fraction of sp³-hybridized carbons (Fsp3) is 0.333. The molecule has 0 spiro atoms. The van der Waals surface area contributed by atoms with Crippen LogP contribution in [0.1, 0.15) is 11.1 Å². The van der Waals surface area contributed by atoms with Crippen LogP contribution in [0, 0.1) is 6.92 Å². The van der Waals surface area contributed by atoms with Crippen LogP contribution >= 0.6 is 0 Å². The van der Waals surface area contributed by atoms with Crippen LogP contribution in [-0.2, 0) is 6.42 Å². The molecule has 1 N–H and O–H groups in total. The van der Waals surface area contributed by atoms with Crippen molar-refractivity contribution >= 4 is 19.0 Å². The first kappa shape index (κ1) is 6.77. The van der Waals surface area contributed by atoms with Gasteiger partial charge in [-0.3, -0.25) is 0 Å². The lowest BCUT2D eigenvalue weighted by Gasteiger charge is -2.07. The number of nitrogens with one attached hydrogen (secondary N) is 1. The predicted octanol–water partition coefficient (Wildman–Crippen LogP) is 0.757. The normalized spacial score (nSPS) is 14.3. The highest BCUT2D eigenvalue weighted by Gasteiger charge is 2.11. The smallest absolute Gasteiger partial charge is 0.114 e. The lowest BCUT2D eigenvalue weighted by atomic mass is 9.89. The van der Waals surface area contributed by atoms with Crippen molar-refractivity contribution in [3.05, 3.63) is 23.3 Å². The van der Waals surface area contributed by atoms with Crippen LogP contribution in [0.5, 0.6) is 0 Å². The van der Waals surface area contributed by atoms with Gasteiger partial charge in [0.25, 0.3) is 0 Å². The van der Waals surface area contributed by atoms with E-state index in [0.29, 0.717) is 0 Å². The van der Waals surface area contributed by atoms with Crippen LogP contribution in [0.2, 0.25) is 0 Å². The number of hydrogen-bond acceptors (Lipinski definition) is 1. The lowest BCUT2D eigenvalue weighted by molar-refractivity contribution is 1.11. The largest absolute Gasteiger partial charge is 0.384 e. The van der Waals surface area contributed by atoms with Crippen molar-refractivity contribution in [3.8, 4) is 0 Å². The fourth-order valence-corrected chi connectivity index (χ4v) is 1.56. The third kappa shape index (κ3) is 0.935. The molecule has 1 aliphatic heterocycles. The maximum atomic E-state index is 5.75. The van der Waals surface area contributed by atoms with E-state index in [-0.39, 0.29) is 0 Å². The Morgan fingerprint density at radius 2 is 2.27 bits per heavy atom. The third-order valence-corrected chi connectivity index (χ3v) is 2.29. The molecule has 2 radical (unpaired) electrons. The van der Waals surface area contributed by atoms with Crippen LogP contribution in [0.4, 0.5) is 5.69 Å². The molecule has 1 heterocycles. The van der Waals surface area contributed by atoms with Crippen molar-refractivity contribution in [1.82, 2.24) is 0 Å². The molecule has 54 valence electrons. The molecule has 0 saturated carbocycles. The molecule has 0 aromatic heterocycles. The number of hydrogen-bond donors (Lipinski definition) is 1. The Morgan fingerprint density at radius 1 is 1.45 bits per heavy atom. The molecule has 0 atom stereocenters. The quantitative estimate of drug-likeness (QED) is 0.528. The Hall–Kier alpha value is -0.915. The van der Waals surface area contributed by atoms with E-state index in [9.17, 15) is 0 Å². The van der Waals surface area contributed by atoms with Crippen molar-refractivity contribution in [1.29, 1.82) is 0 Å². The molecular weight excluding hydrogens is 133 g/mol. The summed E-state index contributed by atoms with van der Waals surface area (Å²) in [6.45, 7) is 3.12. The first-order valence-electron chi connectivity index (χ1n) is 3.91. The summed E-state index contributed by atoms with van der Waals surface area (Å²) in [5.74, 6) is 0. The Labute approximate surface area is 68.2 Å². The first-order chi connectivity index (χ1) is 5.29. The SMILES string of the molecule is [B]c1ccc2c(c1C)NCC2. The van der Waals surface area contributed by atoms with E-state index in [4.69, 9.17) is 7.85 Å². The molecule has 2 rings (SSSR count). The van der Waals surface area contributed by atoms with Crippen molar-refractivity contribution in [2.75, 3.05) is 11.9 Å². The predicted molar refractivity (Wildman–Crippen MR) is 48.8 cm³/mol. The molecule has 0 amide bonds. The zero-order valence-corrected chi connectivity index (χ0v) is 6.65. The summed E-state index contributed by atoms with van der Waals surface area (Å²) in [5, 5.41) is 3.33. The molecule has 1 aromatic carbocycles. The first-order valence-corrected chi connectivity index (χ1v) is 3.91. The molecule has 1 aliphatic rings. The summed E-state index contributed by atoms with van der Waals surface area (Å²) in [4.78, 5) is 0. The third-order valence-electron chi connectivity index (χ3n) is 2.29. The Bertz CT molecular complexity index is 294. The van der Waals surface area contributed by atoms with Gasteiger partial charge in [0.05, 0.1) is 0 Å². The summed E-state index contributed by atoms with van der Waals surface area (Å²) < 4.78 is 0. The van der Waals surface area contributed by atoms with Gasteiger partial charge in [0.1, 0.15) is 7.85 Å². The number of fused-ring (bicyclic) bond motifs is 1. The van der Waals surface area contributed by atoms with Crippen LogP contribution < -0.4 is 10.8 Å². The average molecular weight is 143 g/mol. The van der Waals surface area contributed by atoms with Gasteiger partial charge in [-0.1, -0.05) is 17.6 Å². The molecular formula is C9H10BN. The van der Waals surface area contributed by atoms with E-state index in [2.05, 4.69) is 18.3 Å². The number of rotatable bonds is 0. The van der Waals surface area contributed by atoms with Crippen molar-refractivity contribution in [2.24, 2.45) is 0 Å². The highest BCUT2D eigenvalue weighted by atomic mass is 14.9. The van der Waals surface area contributed by atoms with E-state index < -0.39 is 0 Å². The summed E-state index contributed by atoms with van der Waals surface area (Å²) in [7, 11) is 5.75. The van der Waals surface area contributed by atoms with Gasteiger partial charge in [-0.2, -0.15) is 0 Å². The second kappa shape index (κ2) is 2.30. The van der Waals surface area contributed by atoms with E-state index in [1.807, 2.05) is 6.07 Å². The standard InChI is InChI=1S/C9H10BN/c1-6-8(10)3-2-7-4-5-11-9(6)7/h2-3,11H,4-5H2,1H3. The van der Waals surface area contributed by atoms with Gasteiger partial charge in [-0.15, -0.1) is 0 Å². The van der Waals surface area contributed by atoms with Crippen molar-refractivity contribution in [3.63, 3.8) is 0 Å². The Balaban J connectivity index is 2.62. The van der Waals surface area contributed by atoms with Gasteiger partial charge in [0, 0.05) is 12.2 Å². The second-order valence-electron chi connectivity index (χ2n) is 2.99. The molecule has 1 nitrogen and oxygen atoms in total. The molecule has 2 heteroatoms. The maximum absolute atomic E-state index is 5.75. The van der Waals surface area contributed by atoms with Crippen LogP contribution in [-0.4, -0.2) is 14.4 Å². The Morgan fingerprint density at radius 3 is 3.09 bits per heavy atom. The number of anilines is 1. The summed E-state index contributed by atoms with van der Waals surface area (Å²) in [6, 6.07) is 4.10. The molecule has 0 fully saturated rings. The fourth-order valence-electron chi connectivity index (χ4n) is 1.56. The van der Waals surface area contributed by atoms with Gasteiger partial charge < -0.3 is 5.32 Å². The van der Waals surface area contributed by atoms with Gasteiger partial charge in [-0.25, -0.2) is 0 Å². The van der Waals surface area contributed by atoms with Gasteiger partial charge in [0.15, 0.2) is 0 Å². The number of benzene rings is 1. The van der Waals surface area contributed by atoms with E-state index in [0.717, 1.165) is 18.4 Å². The van der Waals surface area contributed by atoms with E-state index in [1.165, 1.54) is 16.8 Å². The van der Waals surface area contributed by atoms with E-state index >= 15 is 0 Å². The molecule has 0 unspecified atom stereocenters. The minimum atomic E-state index is 0.887. The molecule has 11 heavy (non-hydrogen) atoms. The van der Waals surface area contributed by atoms with Gasteiger partial charge in [-0.05, 0) is 24.5 Å². The minimum absolute atomic E-state index is 0.887. The monoisotopic (exact) mass is 143 g/mol. The summed E-state index contributed by atoms with van der Waals surface area (Å²) in [5.41, 5.74) is 4.74. The molecule has 0 saturated heterocycles. The van der Waals surface area contributed by atoms with Crippen LogP contribution in [0.3, 0.4) is 0 Å². The van der Waals surface area contributed by atoms with E-state index in [1.54, 1.807) is 0 Å². The zero-order chi connectivity index (χ0) is 7.84. The van der Waals surface area contributed by atoms with Crippen molar-refractivity contribution in [2.45, 2.75) is 13.3 Å². The lowest BCUT2D eigenvalue weighted by Crippen LogP contribution is -2.08. The zero-order valence-electron chi connectivity index (χ0n) is 6.65. The average Bonchev–Trinajstić information content (AvgIpc) is 2.45. The minimum Gasteiger partial charge on any atom is -0.384 e. The molecule has 0 aliphatic carbocycles. The van der Waals surface area contributed by atoms with Crippen molar-refractivity contribution < 1.29 is 0 Å². The molecule has 1 aromatic rings. The highest BCUT2D eigenvalue weighted by Crippen LogP contribution is 2.23. The summed E-state index contributed by atoms with van der Waals surface area (Å²) >= 11 is 0. The van der Waals surface area contributed by atoms with Crippen LogP contribution in [0.15, 0.2) is 12.1 Å². The highest BCUT2D eigenvalue weighted by molar-refractivity contribution is 6.33.